The molecule has 1 aromatic carbocycles. The van der Waals surface area contributed by atoms with Gasteiger partial charge in [-0.2, -0.15) is 4.31 Å². The molecule has 2 fully saturated rings. The number of carbonyl (C=O) groups excluding carboxylic acids is 1. The SMILES string of the molecule is CCNC(=O)[C@@H](C)[NH+]1CCN(S(=O)(=O)c2ccc(C3CCCCC3)cc2)CC1. The van der Waals surface area contributed by atoms with Gasteiger partial charge in [0.1, 0.15) is 0 Å². The summed E-state index contributed by atoms with van der Waals surface area (Å²) in [6.45, 7) is 6.64. The Morgan fingerprint density at radius 1 is 1.14 bits per heavy atom. The summed E-state index contributed by atoms with van der Waals surface area (Å²) in [7, 11) is -3.47. The molecule has 0 bridgehead atoms. The highest BCUT2D eigenvalue weighted by Gasteiger charge is 2.34. The molecule has 7 heteroatoms. The maximum atomic E-state index is 13.0. The van der Waals surface area contributed by atoms with Crippen LogP contribution in [0.5, 0.6) is 0 Å². The predicted molar refractivity (Wildman–Crippen MR) is 110 cm³/mol. The third-order valence-electron chi connectivity index (χ3n) is 6.32. The molecule has 28 heavy (non-hydrogen) atoms. The van der Waals surface area contributed by atoms with Crippen LogP contribution in [-0.2, 0) is 14.8 Å². The zero-order valence-corrected chi connectivity index (χ0v) is 17.9. The fraction of sp³-hybridized carbons (Fsp3) is 0.667. The Balaban J connectivity index is 1.61. The molecule has 0 unspecified atom stereocenters. The van der Waals surface area contributed by atoms with E-state index in [1.54, 1.807) is 16.4 Å². The van der Waals surface area contributed by atoms with E-state index in [2.05, 4.69) is 5.32 Å². The van der Waals surface area contributed by atoms with Crippen molar-refractivity contribution in [3.8, 4) is 0 Å². The van der Waals surface area contributed by atoms with Crippen LogP contribution in [0.4, 0.5) is 0 Å². The van der Waals surface area contributed by atoms with Gasteiger partial charge in [0.2, 0.25) is 10.0 Å². The second-order valence-corrected chi connectivity index (χ2v) is 10.0. The largest absolute Gasteiger partial charge is 0.351 e. The number of quaternary nitrogens is 1. The number of nitrogens with one attached hydrogen (secondary N) is 2. The number of piperazine rings is 1. The number of benzene rings is 1. The molecule has 1 aliphatic heterocycles. The number of nitrogens with zero attached hydrogens (tertiary/aromatic N) is 1. The minimum absolute atomic E-state index is 0.0344. The Hall–Kier alpha value is -1.44. The molecule has 3 rings (SSSR count). The molecule has 0 aromatic heterocycles. The van der Waals surface area contributed by atoms with Gasteiger partial charge in [-0.05, 0) is 50.3 Å². The van der Waals surface area contributed by atoms with Crippen molar-refractivity contribution >= 4 is 15.9 Å². The molecule has 1 heterocycles. The molecule has 1 aliphatic carbocycles. The first-order valence-electron chi connectivity index (χ1n) is 10.7. The van der Waals surface area contributed by atoms with Gasteiger partial charge in [0.05, 0.1) is 31.1 Å². The van der Waals surface area contributed by atoms with Crippen LogP contribution in [0.1, 0.15) is 57.4 Å². The van der Waals surface area contributed by atoms with Crippen LogP contribution in [0.25, 0.3) is 0 Å². The number of likely N-dealkylation sites (N-methyl/N-ethyl adjacent to an activating group) is 1. The number of sulfonamides is 1. The van der Waals surface area contributed by atoms with E-state index in [0.717, 1.165) is 4.90 Å². The molecular formula is C21H34N3O3S+. The molecule has 0 radical (unpaired) electrons. The molecule has 0 spiro atoms. The highest BCUT2D eigenvalue weighted by atomic mass is 32.2. The average Bonchev–Trinajstić information content (AvgIpc) is 2.74. The Morgan fingerprint density at radius 3 is 2.32 bits per heavy atom. The van der Waals surface area contributed by atoms with Gasteiger partial charge in [0.25, 0.3) is 5.91 Å². The van der Waals surface area contributed by atoms with Gasteiger partial charge in [-0.15, -0.1) is 0 Å². The summed E-state index contributed by atoms with van der Waals surface area (Å²) in [5.41, 5.74) is 1.27. The van der Waals surface area contributed by atoms with Gasteiger partial charge in [-0.1, -0.05) is 31.4 Å². The van der Waals surface area contributed by atoms with E-state index in [4.69, 9.17) is 0 Å². The first-order chi connectivity index (χ1) is 13.4. The van der Waals surface area contributed by atoms with Crippen molar-refractivity contribution in [2.24, 2.45) is 0 Å². The molecule has 1 atom stereocenters. The van der Waals surface area contributed by atoms with E-state index in [-0.39, 0.29) is 11.9 Å². The number of amides is 1. The zero-order chi connectivity index (χ0) is 20.1. The monoisotopic (exact) mass is 408 g/mol. The molecule has 6 nitrogen and oxygen atoms in total. The lowest BCUT2D eigenvalue weighted by Crippen LogP contribution is -3.19. The lowest BCUT2D eigenvalue weighted by atomic mass is 9.84. The molecule has 2 aliphatic rings. The number of hydrogen-bond donors (Lipinski definition) is 2. The quantitative estimate of drug-likeness (QED) is 0.742. The molecule has 1 saturated heterocycles. The maximum absolute atomic E-state index is 13.0. The highest BCUT2D eigenvalue weighted by molar-refractivity contribution is 7.89. The summed E-state index contributed by atoms with van der Waals surface area (Å²) >= 11 is 0. The predicted octanol–water partition coefficient (Wildman–Crippen LogP) is 1.15. The van der Waals surface area contributed by atoms with E-state index in [1.807, 2.05) is 26.0 Å². The van der Waals surface area contributed by atoms with E-state index in [1.165, 1.54) is 37.7 Å². The van der Waals surface area contributed by atoms with Crippen LogP contribution in [0.2, 0.25) is 0 Å². The van der Waals surface area contributed by atoms with Gasteiger partial charge in [0.15, 0.2) is 6.04 Å². The number of hydrogen-bond acceptors (Lipinski definition) is 3. The summed E-state index contributed by atoms with van der Waals surface area (Å²) in [5, 5.41) is 2.85. The smallest absolute Gasteiger partial charge is 0.278 e. The van der Waals surface area contributed by atoms with Gasteiger partial charge in [-0.25, -0.2) is 8.42 Å². The van der Waals surface area contributed by atoms with Crippen molar-refractivity contribution in [1.29, 1.82) is 0 Å². The molecule has 1 saturated carbocycles. The van der Waals surface area contributed by atoms with E-state index >= 15 is 0 Å². The highest BCUT2D eigenvalue weighted by Crippen LogP contribution is 2.33. The summed E-state index contributed by atoms with van der Waals surface area (Å²) < 4.78 is 27.6. The van der Waals surface area contributed by atoms with Gasteiger partial charge in [0, 0.05) is 6.54 Å². The van der Waals surface area contributed by atoms with Crippen molar-refractivity contribution in [2.45, 2.75) is 62.8 Å². The average molecular weight is 409 g/mol. The fourth-order valence-electron chi connectivity index (χ4n) is 4.46. The number of rotatable bonds is 6. The van der Waals surface area contributed by atoms with Crippen LogP contribution in [0, 0.1) is 0 Å². The van der Waals surface area contributed by atoms with Crippen molar-refractivity contribution in [1.82, 2.24) is 9.62 Å². The topological polar surface area (TPSA) is 70.9 Å². The van der Waals surface area contributed by atoms with E-state index in [9.17, 15) is 13.2 Å². The van der Waals surface area contributed by atoms with Crippen LogP contribution >= 0.6 is 0 Å². The third kappa shape index (κ3) is 4.75. The van der Waals surface area contributed by atoms with Gasteiger partial charge >= 0.3 is 0 Å². The second kappa shape index (κ2) is 9.37. The fourth-order valence-corrected chi connectivity index (χ4v) is 5.90. The third-order valence-corrected chi connectivity index (χ3v) is 8.23. The lowest BCUT2D eigenvalue weighted by Gasteiger charge is -2.34. The first-order valence-corrected chi connectivity index (χ1v) is 12.1. The Labute approximate surface area is 169 Å². The lowest BCUT2D eigenvalue weighted by molar-refractivity contribution is -0.917. The molecular weight excluding hydrogens is 374 g/mol. The molecule has 1 amide bonds. The van der Waals surface area contributed by atoms with Gasteiger partial charge in [-0.3, -0.25) is 4.79 Å². The summed E-state index contributed by atoms with van der Waals surface area (Å²) in [6.07, 6.45) is 6.27. The Kier molecular flexibility index (Phi) is 7.12. The van der Waals surface area contributed by atoms with Crippen LogP contribution in [-0.4, -0.2) is 57.4 Å². The van der Waals surface area contributed by atoms with E-state index < -0.39 is 10.0 Å². The molecule has 2 N–H and O–H groups in total. The van der Waals surface area contributed by atoms with Crippen molar-refractivity contribution in [2.75, 3.05) is 32.7 Å². The van der Waals surface area contributed by atoms with E-state index in [0.29, 0.717) is 43.5 Å². The van der Waals surface area contributed by atoms with Crippen LogP contribution in [0.15, 0.2) is 29.2 Å². The minimum Gasteiger partial charge on any atom is -0.351 e. The first kappa shape index (κ1) is 21.3. The Morgan fingerprint density at radius 2 is 1.75 bits per heavy atom. The standard InChI is InChI=1S/C21H33N3O3S/c1-3-22-21(25)17(2)23-13-15-24(16-14-23)28(26,27)20-11-9-19(10-12-20)18-7-5-4-6-8-18/h9-12,17-18H,3-8,13-16H2,1-2H3,(H,22,25)/p+1/t17-/m1/s1. The second-order valence-electron chi connectivity index (χ2n) is 8.08. The summed E-state index contributed by atoms with van der Waals surface area (Å²) in [4.78, 5) is 13.6. The van der Waals surface area contributed by atoms with Crippen molar-refractivity contribution in [3.63, 3.8) is 0 Å². The van der Waals surface area contributed by atoms with Gasteiger partial charge < -0.3 is 10.2 Å². The van der Waals surface area contributed by atoms with Crippen LogP contribution in [0.3, 0.4) is 0 Å². The maximum Gasteiger partial charge on any atom is 0.278 e. The Bertz CT molecular complexity index is 750. The summed E-state index contributed by atoms with van der Waals surface area (Å²) in [6, 6.07) is 7.40. The number of carbonyl (C=O) groups is 1. The normalized spacial score (nSPS) is 21.4. The van der Waals surface area contributed by atoms with Crippen molar-refractivity contribution in [3.05, 3.63) is 29.8 Å². The van der Waals surface area contributed by atoms with Crippen LogP contribution < -0.4 is 10.2 Å². The molecule has 1 aromatic rings. The summed E-state index contributed by atoms with van der Waals surface area (Å²) in [5.74, 6) is 0.612. The zero-order valence-electron chi connectivity index (χ0n) is 17.1. The van der Waals surface area contributed by atoms with Crippen molar-refractivity contribution < 1.29 is 18.1 Å². The molecule has 156 valence electrons. The minimum atomic E-state index is -3.47.